The van der Waals surface area contributed by atoms with Crippen molar-refractivity contribution in [3.8, 4) is 5.75 Å². The van der Waals surface area contributed by atoms with Crippen LogP contribution in [-0.2, 0) is 11.3 Å². The summed E-state index contributed by atoms with van der Waals surface area (Å²) in [5.41, 5.74) is 2.31. The van der Waals surface area contributed by atoms with Gasteiger partial charge in [-0.05, 0) is 29.3 Å². The monoisotopic (exact) mass is 368 g/mol. The molecule has 0 aromatic heterocycles. The van der Waals surface area contributed by atoms with Gasteiger partial charge in [0.2, 0.25) is 0 Å². The molecule has 0 radical (unpaired) electrons. The number of rotatable bonds is 6. The van der Waals surface area contributed by atoms with Gasteiger partial charge in [0.15, 0.2) is 5.17 Å². The highest BCUT2D eigenvalue weighted by molar-refractivity contribution is 8.13. The topological polar surface area (TPSA) is 62.1 Å². The Bertz CT molecular complexity index is 817. The largest absolute Gasteiger partial charge is 0.497 e. The molecule has 0 bridgehead atoms. The standard InChI is InChI=1S/C20H20N2O3S/c1-25-17-9-7-15(8-10-17)13-18-19(24)22(20(21-18)26-12-11-23)14-16-5-3-2-4-6-16/h2-10,13,23H,11-12,14H2,1H3/b18-13-. The van der Waals surface area contributed by atoms with Crippen LogP contribution >= 0.6 is 11.8 Å². The van der Waals surface area contributed by atoms with E-state index < -0.39 is 0 Å². The van der Waals surface area contributed by atoms with Gasteiger partial charge < -0.3 is 9.84 Å². The van der Waals surface area contributed by atoms with Gasteiger partial charge in [-0.2, -0.15) is 0 Å². The lowest BCUT2D eigenvalue weighted by molar-refractivity contribution is -0.122. The maximum atomic E-state index is 12.9. The number of aliphatic imine (C=N–C) groups is 1. The van der Waals surface area contributed by atoms with E-state index in [2.05, 4.69) is 4.99 Å². The van der Waals surface area contributed by atoms with Crippen molar-refractivity contribution in [3.05, 3.63) is 71.4 Å². The Morgan fingerprint density at radius 1 is 1.15 bits per heavy atom. The molecule has 3 rings (SSSR count). The Kier molecular flexibility index (Phi) is 6.09. The Labute approximate surface area is 157 Å². The molecule has 0 saturated carbocycles. The van der Waals surface area contributed by atoms with Crippen molar-refractivity contribution in [1.29, 1.82) is 0 Å². The number of aliphatic hydroxyl groups excluding tert-OH is 1. The van der Waals surface area contributed by atoms with Crippen LogP contribution in [0.3, 0.4) is 0 Å². The molecular formula is C20H20N2O3S. The van der Waals surface area contributed by atoms with Crippen LogP contribution < -0.4 is 4.74 Å². The lowest BCUT2D eigenvalue weighted by Gasteiger charge is -2.17. The van der Waals surface area contributed by atoms with E-state index in [-0.39, 0.29) is 12.5 Å². The first-order chi connectivity index (χ1) is 12.7. The molecular weight excluding hydrogens is 348 g/mol. The number of aliphatic hydroxyl groups is 1. The van der Waals surface area contributed by atoms with E-state index in [1.54, 1.807) is 18.1 Å². The van der Waals surface area contributed by atoms with E-state index in [4.69, 9.17) is 9.84 Å². The number of carbonyl (C=O) groups is 1. The molecule has 1 amide bonds. The molecule has 2 aromatic carbocycles. The second kappa shape index (κ2) is 8.69. The van der Waals surface area contributed by atoms with Crippen LogP contribution in [-0.4, -0.2) is 40.6 Å². The first-order valence-electron chi connectivity index (χ1n) is 8.25. The Hall–Kier alpha value is -2.57. The maximum Gasteiger partial charge on any atom is 0.278 e. The molecule has 134 valence electrons. The van der Waals surface area contributed by atoms with Crippen LogP contribution in [0, 0.1) is 0 Å². The minimum Gasteiger partial charge on any atom is -0.497 e. The zero-order chi connectivity index (χ0) is 18.4. The molecule has 0 aliphatic carbocycles. The number of amidine groups is 1. The van der Waals surface area contributed by atoms with Gasteiger partial charge in [0.25, 0.3) is 5.91 Å². The van der Waals surface area contributed by atoms with Gasteiger partial charge in [0, 0.05) is 5.75 Å². The zero-order valence-electron chi connectivity index (χ0n) is 14.5. The summed E-state index contributed by atoms with van der Waals surface area (Å²) >= 11 is 1.38. The number of methoxy groups -OCH3 is 1. The summed E-state index contributed by atoms with van der Waals surface area (Å²) in [6.45, 7) is 0.492. The summed E-state index contributed by atoms with van der Waals surface area (Å²) in [5, 5.41) is 9.73. The summed E-state index contributed by atoms with van der Waals surface area (Å²) in [6.07, 6.45) is 1.77. The SMILES string of the molecule is COc1ccc(/C=C2\N=C(SCCO)N(Cc3ccccc3)C2=O)cc1. The van der Waals surface area contributed by atoms with Gasteiger partial charge in [-0.1, -0.05) is 54.2 Å². The molecule has 2 aromatic rings. The van der Waals surface area contributed by atoms with Crippen LogP contribution in [0.1, 0.15) is 11.1 Å². The van der Waals surface area contributed by atoms with Gasteiger partial charge in [0.05, 0.1) is 20.3 Å². The molecule has 26 heavy (non-hydrogen) atoms. The van der Waals surface area contributed by atoms with E-state index in [1.165, 1.54) is 11.8 Å². The summed E-state index contributed by atoms with van der Waals surface area (Å²) in [4.78, 5) is 19.0. The molecule has 0 saturated heterocycles. The van der Waals surface area contributed by atoms with Crippen LogP contribution in [0.25, 0.3) is 6.08 Å². The lowest BCUT2D eigenvalue weighted by atomic mass is 10.1. The van der Waals surface area contributed by atoms with Crippen molar-refractivity contribution >= 4 is 28.9 Å². The lowest BCUT2D eigenvalue weighted by Crippen LogP contribution is -2.30. The molecule has 1 aliphatic heterocycles. The molecule has 0 fully saturated rings. The highest BCUT2D eigenvalue weighted by Crippen LogP contribution is 2.26. The van der Waals surface area contributed by atoms with E-state index in [1.807, 2.05) is 54.6 Å². The summed E-state index contributed by atoms with van der Waals surface area (Å²) in [5.74, 6) is 1.12. The first kappa shape index (κ1) is 18.2. The predicted molar refractivity (Wildman–Crippen MR) is 105 cm³/mol. The van der Waals surface area contributed by atoms with Crippen LogP contribution in [0.15, 0.2) is 65.3 Å². The fraction of sp³-hybridized carbons (Fsp3) is 0.200. The van der Waals surface area contributed by atoms with Crippen molar-refractivity contribution in [1.82, 2.24) is 4.90 Å². The minimum atomic E-state index is -0.134. The third-order valence-corrected chi connectivity index (χ3v) is 4.79. The number of amides is 1. The molecule has 0 atom stereocenters. The molecule has 1 N–H and O–H groups in total. The Morgan fingerprint density at radius 3 is 2.54 bits per heavy atom. The molecule has 1 heterocycles. The van der Waals surface area contributed by atoms with Crippen molar-refractivity contribution in [2.24, 2.45) is 4.99 Å². The van der Waals surface area contributed by atoms with Crippen molar-refractivity contribution in [2.75, 3.05) is 19.5 Å². The zero-order valence-corrected chi connectivity index (χ0v) is 15.3. The highest BCUT2D eigenvalue weighted by Gasteiger charge is 2.30. The van der Waals surface area contributed by atoms with E-state index >= 15 is 0 Å². The number of ether oxygens (including phenoxy) is 1. The average molecular weight is 368 g/mol. The highest BCUT2D eigenvalue weighted by atomic mass is 32.2. The van der Waals surface area contributed by atoms with Gasteiger partial charge in [-0.3, -0.25) is 9.69 Å². The Morgan fingerprint density at radius 2 is 1.88 bits per heavy atom. The fourth-order valence-corrected chi connectivity index (χ4v) is 3.28. The van der Waals surface area contributed by atoms with Crippen molar-refractivity contribution < 1.29 is 14.6 Å². The van der Waals surface area contributed by atoms with Crippen LogP contribution in [0.5, 0.6) is 5.75 Å². The molecule has 6 heteroatoms. The average Bonchev–Trinajstić information content (AvgIpc) is 2.96. The quantitative estimate of drug-likeness (QED) is 0.796. The number of carbonyl (C=O) groups excluding carboxylic acids is 1. The van der Waals surface area contributed by atoms with E-state index in [0.29, 0.717) is 23.2 Å². The second-order valence-corrected chi connectivity index (χ2v) is 6.71. The molecule has 1 aliphatic rings. The third kappa shape index (κ3) is 4.33. The molecule has 0 spiro atoms. The van der Waals surface area contributed by atoms with Gasteiger partial charge >= 0.3 is 0 Å². The van der Waals surface area contributed by atoms with Gasteiger partial charge in [0.1, 0.15) is 11.4 Å². The maximum absolute atomic E-state index is 12.9. The number of nitrogens with zero attached hydrogens (tertiary/aromatic N) is 2. The van der Waals surface area contributed by atoms with Crippen LogP contribution in [0.4, 0.5) is 0 Å². The summed E-state index contributed by atoms with van der Waals surface area (Å²) in [7, 11) is 1.62. The number of thioether (sulfide) groups is 1. The van der Waals surface area contributed by atoms with E-state index in [9.17, 15) is 4.79 Å². The normalized spacial score (nSPS) is 15.5. The fourth-order valence-electron chi connectivity index (χ4n) is 2.54. The first-order valence-corrected chi connectivity index (χ1v) is 9.23. The minimum absolute atomic E-state index is 0.0363. The molecule has 0 unspecified atom stereocenters. The number of benzene rings is 2. The smallest absolute Gasteiger partial charge is 0.278 e. The summed E-state index contributed by atoms with van der Waals surface area (Å²) < 4.78 is 5.15. The van der Waals surface area contributed by atoms with Crippen molar-refractivity contribution in [2.45, 2.75) is 6.54 Å². The van der Waals surface area contributed by atoms with Gasteiger partial charge in [-0.25, -0.2) is 4.99 Å². The summed E-state index contributed by atoms with van der Waals surface area (Å²) in [6, 6.07) is 17.3. The Balaban J connectivity index is 1.85. The number of hydrogen-bond acceptors (Lipinski definition) is 5. The van der Waals surface area contributed by atoms with Crippen LogP contribution in [0.2, 0.25) is 0 Å². The number of hydrogen-bond donors (Lipinski definition) is 1. The molecule has 5 nitrogen and oxygen atoms in total. The third-order valence-electron chi connectivity index (χ3n) is 3.84. The van der Waals surface area contributed by atoms with E-state index in [0.717, 1.165) is 16.9 Å². The second-order valence-electron chi connectivity index (χ2n) is 5.65. The van der Waals surface area contributed by atoms with Crippen molar-refractivity contribution in [3.63, 3.8) is 0 Å². The predicted octanol–water partition coefficient (Wildman–Crippen LogP) is 3.16. The van der Waals surface area contributed by atoms with Gasteiger partial charge in [-0.15, -0.1) is 0 Å².